The molecule has 0 radical (unpaired) electrons. The number of nitrogens with zero attached hydrogens (tertiary/aromatic N) is 6. The summed E-state index contributed by atoms with van der Waals surface area (Å²) in [7, 11) is 0. The summed E-state index contributed by atoms with van der Waals surface area (Å²) >= 11 is 0. The molecule has 0 aliphatic carbocycles. The largest absolute Gasteiger partial charge is 0.337 e. The average molecular weight is 495 g/mol. The molecule has 36 heavy (non-hydrogen) atoms. The van der Waals surface area contributed by atoms with Gasteiger partial charge in [0.2, 0.25) is 5.95 Å². The number of hydrogen-bond acceptors (Lipinski definition) is 7. The van der Waals surface area contributed by atoms with Gasteiger partial charge in [-0.15, -0.1) is 0 Å². The first kappa shape index (κ1) is 24.5. The second-order valence-corrected chi connectivity index (χ2v) is 8.26. The lowest BCUT2D eigenvalue weighted by molar-refractivity contribution is 0.190. The Kier molecular flexibility index (Phi) is 7.05. The quantitative estimate of drug-likeness (QED) is 0.446. The Balaban J connectivity index is 1.44. The topological polar surface area (TPSA) is 147 Å². The Bertz CT molecular complexity index is 1390. The molecule has 13 heteroatoms. The number of carbonyl (C=O) groups is 1. The fourth-order valence-corrected chi connectivity index (χ4v) is 3.95. The third-order valence-electron chi connectivity index (χ3n) is 5.73. The van der Waals surface area contributed by atoms with Crippen LogP contribution < -0.4 is 15.8 Å². The van der Waals surface area contributed by atoms with Crippen molar-refractivity contribution < 1.29 is 13.6 Å². The van der Waals surface area contributed by atoms with E-state index in [1.807, 2.05) is 6.07 Å². The van der Waals surface area contributed by atoms with Crippen LogP contribution in [-0.2, 0) is 0 Å². The lowest BCUT2D eigenvalue weighted by atomic mass is 10.0. The zero-order chi connectivity index (χ0) is 25.8. The molecule has 0 bridgehead atoms. The van der Waals surface area contributed by atoms with E-state index in [0.29, 0.717) is 37.4 Å². The van der Waals surface area contributed by atoms with E-state index in [2.05, 4.69) is 20.4 Å². The number of amides is 2. The first-order valence-corrected chi connectivity index (χ1v) is 11.1. The van der Waals surface area contributed by atoms with Crippen molar-refractivity contribution in [1.82, 2.24) is 30.0 Å². The minimum absolute atomic E-state index is 0.123. The van der Waals surface area contributed by atoms with E-state index in [0.717, 1.165) is 23.2 Å². The first-order chi connectivity index (χ1) is 17.3. The number of halogens is 2. The van der Waals surface area contributed by atoms with Crippen LogP contribution in [0.4, 0.5) is 19.5 Å². The third kappa shape index (κ3) is 5.22. The average Bonchev–Trinajstić information content (AvgIpc) is 3.21. The van der Waals surface area contributed by atoms with Gasteiger partial charge in [-0.1, -0.05) is 0 Å². The molecule has 1 aromatic carbocycles. The number of nitriles is 1. The predicted octanol–water partition coefficient (Wildman–Crippen LogP) is 2.03. The molecule has 3 heterocycles. The lowest BCUT2D eigenvalue weighted by Crippen LogP contribution is -2.52. The number of aryl methyl sites for hydroxylation is 1. The van der Waals surface area contributed by atoms with Crippen molar-refractivity contribution in [3.05, 3.63) is 69.3 Å². The predicted molar refractivity (Wildman–Crippen MR) is 126 cm³/mol. The van der Waals surface area contributed by atoms with Crippen LogP contribution >= 0.6 is 0 Å². The van der Waals surface area contributed by atoms with Gasteiger partial charge >= 0.3 is 6.03 Å². The molecule has 1 saturated heterocycles. The number of carbonyl (C=O) groups excluding carboxylic acids is 1. The first-order valence-electron chi connectivity index (χ1n) is 11.1. The number of rotatable bonds is 6. The van der Waals surface area contributed by atoms with Crippen molar-refractivity contribution in [1.29, 1.82) is 10.7 Å². The molecule has 3 aromatic rings. The lowest BCUT2D eigenvalue weighted by Gasteiger charge is -2.35. The number of H-pyrrole nitrogens is 1. The monoisotopic (exact) mass is 495 g/mol. The van der Waals surface area contributed by atoms with Crippen LogP contribution in [0, 0.1) is 35.3 Å². The molecule has 2 amide bonds. The second-order valence-electron chi connectivity index (χ2n) is 8.26. The van der Waals surface area contributed by atoms with Gasteiger partial charge in [0, 0.05) is 44.4 Å². The highest BCUT2D eigenvalue weighted by Crippen LogP contribution is 2.20. The van der Waals surface area contributed by atoms with Crippen molar-refractivity contribution in [2.75, 3.05) is 31.1 Å². The molecule has 186 valence electrons. The van der Waals surface area contributed by atoms with Crippen LogP contribution in [0.15, 0.2) is 35.3 Å². The molecule has 1 atom stereocenters. The van der Waals surface area contributed by atoms with Gasteiger partial charge in [-0.3, -0.25) is 9.89 Å². The van der Waals surface area contributed by atoms with Gasteiger partial charge in [-0.2, -0.15) is 14.9 Å². The highest BCUT2D eigenvalue weighted by atomic mass is 19.1. The fraction of sp³-hybridized carbons (Fsp3) is 0.304. The fourth-order valence-electron chi connectivity index (χ4n) is 3.95. The van der Waals surface area contributed by atoms with Crippen LogP contribution in [0.1, 0.15) is 29.3 Å². The molecule has 2 aromatic heterocycles. The Morgan fingerprint density at radius 1 is 1.28 bits per heavy atom. The van der Waals surface area contributed by atoms with Gasteiger partial charge in [0.1, 0.15) is 5.82 Å². The van der Waals surface area contributed by atoms with Gasteiger partial charge in [0.05, 0.1) is 23.9 Å². The molecular weight excluding hydrogens is 472 g/mol. The molecule has 0 unspecified atom stereocenters. The smallest absolute Gasteiger partial charge is 0.318 e. The number of hydrogen-bond donors (Lipinski definition) is 3. The maximum Gasteiger partial charge on any atom is 0.318 e. The summed E-state index contributed by atoms with van der Waals surface area (Å²) in [4.78, 5) is 36.6. The molecule has 0 spiro atoms. The van der Waals surface area contributed by atoms with Crippen molar-refractivity contribution >= 4 is 18.2 Å². The van der Waals surface area contributed by atoms with Crippen LogP contribution in [0.5, 0.6) is 0 Å². The second kappa shape index (κ2) is 10.3. The SMILES string of the molecule is Cc1cc(=O)n(-c2nc(N3CCN(C(=O)N[C@@H](CC=N)c4cc(F)cc(C#N)c4)CC3)ncc2F)[nH]1. The Morgan fingerprint density at radius 2 is 2.03 bits per heavy atom. The molecule has 11 nitrogen and oxygen atoms in total. The van der Waals surface area contributed by atoms with Crippen molar-refractivity contribution in [3.63, 3.8) is 0 Å². The van der Waals surface area contributed by atoms with Crippen molar-refractivity contribution in [2.24, 2.45) is 0 Å². The van der Waals surface area contributed by atoms with Gasteiger partial charge in [-0.25, -0.2) is 18.6 Å². The number of nitrogens with one attached hydrogen (secondary N) is 3. The Hall–Kier alpha value is -4.60. The number of piperazine rings is 1. The van der Waals surface area contributed by atoms with Crippen LogP contribution in [0.3, 0.4) is 0 Å². The van der Waals surface area contributed by atoms with Crippen molar-refractivity contribution in [2.45, 2.75) is 19.4 Å². The summed E-state index contributed by atoms with van der Waals surface area (Å²) in [6, 6.07) is 5.94. The Labute approximate surface area is 204 Å². The third-order valence-corrected chi connectivity index (χ3v) is 5.73. The summed E-state index contributed by atoms with van der Waals surface area (Å²) < 4.78 is 29.2. The summed E-state index contributed by atoms with van der Waals surface area (Å²) in [6.07, 6.45) is 2.24. The van der Waals surface area contributed by atoms with Crippen LogP contribution in [-0.4, -0.2) is 63.1 Å². The van der Waals surface area contributed by atoms with Gasteiger partial charge in [-0.05, 0) is 36.9 Å². The van der Waals surface area contributed by atoms with Crippen LogP contribution in [0.2, 0.25) is 0 Å². The van der Waals surface area contributed by atoms with Crippen LogP contribution in [0.25, 0.3) is 5.82 Å². The molecule has 1 aliphatic heterocycles. The maximum atomic E-state index is 14.3. The minimum atomic E-state index is -0.755. The van der Waals surface area contributed by atoms with E-state index >= 15 is 0 Å². The van der Waals surface area contributed by atoms with E-state index < -0.39 is 29.3 Å². The van der Waals surface area contributed by atoms with Gasteiger partial charge in [0.25, 0.3) is 5.56 Å². The number of aromatic amines is 1. The summed E-state index contributed by atoms with van der Waals surface area (Å²) in [5.41, 5.74) is 0.627. The zero-order valence-electron chi connectivity index (χ0n) is 19.3. The standard InChI is InChI=1S/C23H23F2N9O2/c1-14-8-20(35)34(31-14)21-18(25)13-28-22(30-21)32-4-6-33(7-5-32)23(36)29-19(2-3-26)16-9-15(12-27)10-17(24)11-16/h3,8-11,13,19,26,31H,2,4-7H2,1H3,(H,29,36)/t19-/m0/s1. The van der Waals surface area contributed by atoms with Crippen molar-refractivity contribution in [3.8, 4) is 11.9 Å². The summed E-state index contributed by atoms with van der Waals surface area (Å²) in [5.74, 6) is -1.33. The summed E-state index contributed by atoms with van der Waals surface area (Å²) in [6.45, 7) is 2.97. The van der Waals surface area contributed by atoms with Gasteiger partial charge in [0.15, 0.2) is 11.6 Å². The van der Waals surface area contributed by atoms with E-state index in [9.17, 15) is 18.4 Å². The van der Waals surface area contributed by atoms with E-state index in [1.54, 1.807) is 16.7 Å². The molecule has 4 rings (SSSR count). The van der Waals surface area contributed by atoms with Gasteiger partial charge < -0.3 is 20.5 Å². The number of anilines is 1. The van der Waals surface area contributed by atoms with E-state index in [-0.39, 0.29) is 23.8 Å². The number of urea groups is 1. The molecular formula is C23H23F2N9O2. The number of aromatic nitrogens is 4. The zero-order valence-corrected chi connectivity index (χ0v) is 19.3. The highest BCUT2D eigenvalue weighted by molar-refractivity contribution is 5.75. The summed E-state index contributed by atoms with van der Waals surface area (Å²) in [5, 5.41) is 22.1. The van der Waals surface area contributed by atoms with E-state index in [4.69, 9.17) is 10.7 Å². The molecule has 1 aliphatic rings. The molecule has 3 N–H and O–H groups in total. The molecule has 1 fully saturated rings. The minimum Gasteiger partial charge on any atom is -0.337 e. The van der Waals surface area contributed by atoms with E-state index in [1.165, 1.54) is 18.2 Å². The Morgan fingerprint density at radius 3 is 2.67 bits per heavy atom. The normalized spacial score (nSPS) is 14.3. The molecule has 0 saturated carbocycles. The number of benzene rings is 1. The highest BCUT2D eigenvalue weighted by Gasteiger charge is 2.26. The maximum absolute atomic E-state index is 14.3.